The predicted molar refractivity (Wildman–Crippen MR) is 70.3 cm³/mol. The van der Waals surface area contributed by atoms with Crippen molar-refractivity contribution in [2.45, 2.75) is 19.1 Å². The second-order valence-corrected chi connectivity index (χ2v) is 4.89. The highest BCUT2D eigenvalue weighted by Crippen LogP contribution is 2.14. The number of benzene rings is 1. The molecule has 0 saturated carbocycles. The normalized spacial score (nSPS) is 19.3. The summed E-state index contributed by atoms with van der Waals surface area (Å²) < 4.78 is 5.31. The lowest BCUT2D eigenvalue weighted by Crippen LogP contribution is -2.34. The maximum absolute atomic E-state index is 11.9. The van der Waals surface area contributed by atoms with Gasteiger partial charge in [0.1, 0.15) is 6.61 Å². The Bertz CT molecular complexity index is 392. The summed E-state index contributed by atoms with van der Waals surface area (Å²) in [6.45, 7) is 1.90. The van der Waals surface area contributed by atoms with Crippen LogP contribution in [0.5, 0.6) is 0 Å². The molecule has 2 rings (SSSR count). The number of hydrogen-bond acceptors (Lipinski definition) is 3. The minimum atomic E-state index is -0.205. The molecule has 1 aromatic rings. The summed E-state index contributed by atoms with van der Waals surface area (Å²) >= 11 is 0. The fourth-order valence-corrected chi connectivity index (χ4v) is 2.14. The summed E-state index contributed by atoms with van der Waals surface area (Å²) in [6.07, 6.45) is 0.816. The number of hydrogen-bond donors (Lipinski definition) is 0. The van der Waals surface area contributed by atoms with Crippen LogP contribution in [0.25, 0.3) is 0 Å². The first-order chi connectivity index (χ1) is 8.66. The Kier molecular flexibility index (Phi) is 4.20. The number of carbonyl (C=O) groups excluding carboxylic acids is 1. The highest BCUT2D eigenvalue weighted by atomic mass is 16.6. The van der Waals surface area contributed by atoms with Gasteiger partial charge < -0.3 is 14.5 Å². The minimum absolute atomic E-state index is 0.205. The van der Waals surface area contributed by atoms with Gasteiger partial charge in [0.25, 0.3) is 0 Å². The maximum atomic E-state index is 11.9. The SMILES string of the molecule is CN(C)C1CCN(C(=O)OCc2ccccc2)C1. The summed E-state index contributed by atoms with van der Waals surface area (Å²) in [5.41, 5.74) is 1.02. The van der Waals surface area contributed by atoms with Crippen LogP contribution in [0.3, 0.4) is 0 Å². The van der Waals surface area contributed by atoms with Crippen molar-refractivity contribution in [2.24, 2.45) is 0 Å². The van der Waals surface area contributed by atoms with Gasteiger partial charge in [-0.25, -0.2) is 4.79 Å². The van der Waals surface area contributed by atoms with Crippen LogP contribution in [0.2, 0.25) is 0 Å². The molecule has 1 aromatic carbocycles. The van der Waals surface area contributed by atoms with Crippen molar-refractivity contribution < 1.29 is 9.53 Å². The van der Waals surface area contributed by atoms with Crippen LogP contribution >= 0.6 is 0 Å². The van der Waals surface area contributed by atoms with E-state index in [1.54, 1.807) is 4.90 Å². The number of rotatable bonds is 3. The summed E-state index contributed by atoms with van der Waals surface area (Å²) in [7, 11) is 4.09. The second-order valence-electron chi connectivity index (χ2n) is 4.89. The zero-order chi connectivity index (χ0) is 13.0. The van der Waals surface area contributed by atoms with Gasteiger partial charge in [-0.05, 0) is 26.1 Å². The number of carbonyl (C=O) groups is 1. The minimum Gasteiger partial charge on any atom is -0.445 e. The second kappa shape index (κ2) is 5.87. The van der Waals surface area contributed by atoms with Crippen molar-refractivity contribution in [2.75, 3.05) is 27.2 Å². The summed E-state index contributed by atoms with van der Waals surface area (Å²) in [5.74, 6) is 0. The molecule has 98 valence electrons. The summed E-state index contributed by atoms with van der Waals surface area (Å²) in [5, 5.41) is 0. The van der Waals surface area contributed by atoms with Gasteiger partial charge in [0.15, 0.2) is 0 Å². The van der Waals surface area contributed by atoms with Crippen LogP contribution < -0.4 is 0 Å². The van der Waals surface area contributed by atoms with Gasteiger partial charge in [0.05, 0.1) is 0 Å². The third-order valence-corrected chi connectivity index (χ3v) is 3.36. The highest BCUT2D eigenvalue weighted by molar-refractivity contribution is 5.68. The molecule has 0 aromatic heterocycles. The molecule has 1 aliphatic rings. The van der Waals surface area contributed by atoms with Crippen LogP contribution in [0.4, 0.5) is 4.79 Å². The first-order valence-corrected chi connectivity index (χ1v) is 6.29. The van der Waals surface area contributed by atoms with E-state index in [1.165, 1.54) is 0 Å². The zero-order valence-electron chi connectivity index (χ0n) is 11.0. The van der Waals surface area contributed by atoms with Crippen LogP contribution in [0.1, 0.15) is 12.0 Å². The lowest BCUT2D eigenvalue weighted by molar-refractivity contribution is 0.102. The largest absolute Gasteiger partial charge is 0.445 e. The van der Waals surface area contributed by atoms with E-state index < -0.39 is 0 Å². The summed E-state index contributed by atoms with van der Waals surface area (Å²) in [4.78, 5) is 15.8. The molecule has 1 heterocycles. The number of ether oxygens (including phenoxy) is 1. The lowest BCUT2D eigenvalue weighted by Gasteiger charge is -2.20. The Morgan fingerprint density at radius 3 is 2.72 bits per heavy atom. The molecule has 4 nitrogen and oxygen atoms in total. The van der Waals surface area contributed by atoms with Gasteiger partial charge in [0.2, 0.25) is 0 Å². The molecule has 0 aliphatic carbocycles. The van der Waals surface area contributed by atoms with Crippen LogP contribution in [0.15, 0.2) is 30.3 Å². The van der Waals surface area contributed by atoms with E-state index in [0.29, 0.717) is 12.6 Å². The van der Waals surface area contributed by atoms with Crippen LogP contribution in [0, 0.1) is 0 Å². The fraction of sp³-hybridized carbons (Fsp3) is 0.500. The number of likely N-dealkylation sites (N-methyl/N-ethyl adjacent to an activating group) is 1. The van der Waals surface area contributed by atoms with E-state index >= 15 is 0 Å². The third-order valence-electron chi connectivity index (χ3n) is 3.36. The zero-order valence-corrected chi connectivity index (χ0v) is 11.0. The van der Waals surface area contributed by atoms with Crippen molar-refractivity contribution in [3.8, 4) is 0 Å². The average molecular weight is 248 g/mol. The van der Waals surface area contributed by atoms with Crippen molar-refractivity contribution in [1.82, 2.24) is 9.80 Å². The Morgan fingerprint density at radius 1 is 1.39 bits per heavy atom. The molecule has 18 heavy (non-hydrogen) atoms. The molecule has 0 bridgehead atoms. The van der Waals surface area contributed by atoms with Gasteiger partial charge in [-0.2, -0.15) is 0 Å². The van der Waals surface area contributed by atoms with E-state index in [-0.39, 0.29) is 6.09 Å². The quantitative estimate of drug-likeness (QED) is 0.819. The Balaban J connectivity index is 1.79. The van der Waals surface area contributed by atoms with Gasteiger partial charge in [0, 0.05) is 19.1 Å². The molecule has 0 N–H and O–H groups in total. The number of likely N-dealkylation sites (tertiary alicyclic amines) is 1. The topological polar surface area (TPSA) is 32.8 Å². The third kappa shape index (κ3) is 3.23. The smallest absolute Gasteiger partial charge is 0.410 e. The molecule has 0 radical (unpaired) electrons. The predicted octanol–water partition coefficient (Wildman–Crippen LogP) is 1.96. The highest BCUT2D eigenvalue weighted by Gasteiger charge is 2.28. The Hall–Kier alpha value is -1.55. The van der Waals surface area contributed by atoms with Gasteiger partial charge in [-0.1, -0.05) is 30.3 Å². The van der Waals surface area contributed by atoms with Gasteiger partial charge in [-0.3, -0.25) is 0 Å². The first kappa shape index (κ1) is 12.9. The molecule has 1 atom stereocenters. The van der Waals surface area contributed by atoms with Crippen molar-refractivity contribution >= 4 is 6.09 Å². The molecule has 1 saturated heterocycles. The van der Waals surface area contributed by atoms with E-state index in [0.717, 1.165) is 25.1 Å². The van der Waals surface area contributed by atoms with Gasteiger partial charge >= 0.3 is 6.09 Å². The van der Waals surface area contributed by atoms with Crippen LogP contribution in [-0.4, -0.2) is 49.1 Å². The molecular formula is C14H20N2O2. The van der Waals surface area contributed by atoms with E-state index in [1.807, 2.05) is 44.4 Å². The van der Waals surface area contributed by atoms with Crippen molar-refractivity contribution in [3.05, 3.63) is 35.9 Å². The molecule has 1 amide bonds. The Morgan fingerprint density at radius 2 is 2.11 bits per heavy atom. The standard InChI is InChI=1S/C14H20N2O2/c1-15(2)13-8-9-16(10-13)14(17)18-11-12-6-4-3-5-7-12/h3-7,13H,8-11H2,1-2H3. The van der Waals surface area contributed by atoms with Crippen LogP contribution in [-0.2, 0) is 11.3 Å². The maximum Gasteiger partial charge on any atom is 0.410 e. The van der Waals surface area contributed by atoms with Gasteiger partial charge in [-0.15, -0.1) is 0 Å². The Labute approximate surface area is 108 Å². The number of nitrogens with zero attached hydrogens (tertiary/aromatic N) is 2. The number of amides is 1. The molecule has 1 fully saturated rings. The molecule has 1 aliphatic heterocycles. The van der Waals surface area contributed by atoms with E-state index in [9.17, 15) is 4.79 Å². The lowest BCUT2D eigenvalue weighted by atomic mass is 10.2. The van der Waals surface area contributed by atoms with E-state index in [4.69, 9.17) is 4.74 Å². The fourth-order valence-electron chi connectivity index (χ4n) is 2.14. The average Bonchev–Trinajstić information content (AvgIpc) is 2.87. The molecule has 1 unspecified atom stereocenters. The molecular weight excluding hydrogens is 228 g/mol. The first-order valence-electron chi connectivity index (χ1n) is 6.29. The summed E-state index contributed by atoms with van der Waals surface area (Å²) in [6, 6.07) is 10.2. The molecule has 0 spiro atoms. The molecule has 4 heteroatoms. The van der Waals surface area contributed by atoms with Crippen molar-refractivity contribution in [3.63, 3.8) is 0 Å². The van der Waals surface area contributed by atoms with E-state index in [2.05, 4.69) is 4.90 Å². The van der Waals surface area contributed by atoms with Crippen molar-refractivity contribution in [1.29, 1.82) is 0 Å². The monoisotopic (exact) mass is 248 g/mol.